The van der Waals surface area contributed by atoms with Gasteiger partial charge in [-0.05, 0) is 31.7 Å². The summed E-state index contributed by atoms with van der Waals surface area (Å²) in [5.41, 5.74) is 1.03. The molecule has 0 saturated heterocycles. The summed E-state index contributed by atoms with van der Waals surface area (Å²) >= 11 is 6.27. The van der Waals surface area contributed by atoms with Gasteiger partial charge in [-0.2, -0.15) is 5.10 Å². The van der Waals surface area contributed by atoms with Crippen molar-refractivity contribution in [2.45, 2.75) is 38.3 Å². The van der Waals surface area contributed by atoms with Gasteiger partial charge in [0.15, 0.2) is 0 Å². The molecular formula is C13H22ClN3O. The largest absolute Gasteiger partial charge is 0.379 e. The van der Waals surface area contributed by atoms with Crippen LogP contribution in [0.2, 0.25) is 5.02 Å². The van der Waals surface area contributed by atoms with Crippen LogP contribution in [0.5, 0.6) is 0 Å². The van der Waals surface area contributed by atoms with Crippen LogP contribution >= 0.6 is 11.6 Å². The first-order valence-corrected chi connectivity index (χ1v) is 7.00. The molecule has 2 atom stereocenters. The summed E-state index contributed by atoms with van der Waals surface area (Å²) in [7, 11) is 3.72. The molecule has 0 aromatic carbocycles. The van der Waals surface area contributed by atoms with E-state index in [0.29, 0.717) is 10.9 Å². The maximum Gasteiger partial charge on any atom is 0.0835 e. The minimum absolute atomic E-state index is 0.127. The predicted molar refractivity (Wildman–Crippen MR) is 72.8 cm³/mol. The summed E-state index contributed by atoms with van der Waals surface area (Å²) in [5, 5.41) is 8.50. The molecule has 1 N–H and O–H groups in total. The summed E-state index contributed by atoms with van der Waals surface area (Å²) in [6.07, 6.45) is 5.48. The summed E-state index contributed by atoms with van der Waals surface area (Å²) in [5.74, 6) is 0.648. The second-order valence-corrected chi connectivity index (χ2v) is 5.38. The molecule has 1 aliphatic rings. The fraction of sp³-hybridized carbons (Fsp3) is 0.769. The van der Waals surface area contributed by atoms with Crippen LogP contribution in [0, 0.1) is 5.92 Å². The first kappa shape index (κ1) is 13.8. The molecule has 5 heteroatoms. The number of rotatable bonds is 7. The first-order chi connectivity index (χ1) is 8.69. The number of aromatic nitrogens is 2. The van der Waals surface area contributed by atoms with E-state index in [4.69, 9.17) is 16.3 Å². The number of ether oxygens (including phenoxy) is 1. The molecule has 1 fully saturated rings. The van der Waals surface area contributed by atoms with Gasteiger partial charge in [0, 0.05) is 14.2 Å². The lowest BCUT2D eigenvalue weighted by molar-refractivity contribution is 0.0483. The molecule has 1 saturated carbocycles. The highest BCUT2D eigenvalue weighted by atomic mass is 35.5. The summed E-state index contributed by atoms with van der Waals surface area (Å²) < 4.78 is 7.56. The van der Waals surface area contributed by atoms with E-state index < -0.39 is 0 Å². The Morgan fingerprint density at radius 2 is 2.33 bits per heavy atom. The fourth-order valence-electron chi connectivity index (χ4n) is 2.46. The van der Waals surface area contributed by atoms with Crippen molar-refractivity contribution in [3.05, 3.63) is 16.9 Å². The van der Waals surface area contributed by atoms with Crippen molar-refractivity contribution in [3.63, 3.8) is 0 Å². The van der Waals surface area contributed by atoms with Gasteiger partial charge >= 0.3 is 0 Å². The normalized spacial score (nSPS) is 18.9. The lowest BCUT2D eigenvalue weighted by Crippen LogP contribution is -2.36. The lowest BCUT2D eigenvalue weighted by Gasteiger charge is -2.27. The Kier molecular flexibility index (Phi) is 4.65. The van der Waals surface area contributed by atoms with Crippen molar-refractivity contribution in [2.24, 2.45) is 13.0 Å². The van der Waals surface area contributed by atoms with Gasteiger partial charge in [0.2, 0.25) is 0 Å². The van der Waals surface area contributed by atoms with E-state index in [1.54, 1.807) is 13.3 Å². The van der Waals surface area contributed by atoms with Gasteiger partial charge in [-0.3, -0.25) is 4.68 Å². The standard InChI is InChI=1S/C13H22ClN3O/c1-4-7-15-11(13(18-3)9-5-6-9)12-10(14)8-16-17(12)2/h8-9,11,13,15H,4-7H2,1-3H3. The number of halogens is 1. The van der Waals surface area contributed by atoms with Crippen LogP contribution in [0.15, 0.2) is 6.20 Å². The van der Waals surface area contributed by atoms with E-state index in [2.05, 4.69) is 17.3 Å². The highest BCUT2D eigenvalue weighted by Crippen LogP contribution is 2.40. The zero-order valence-electron chi connectivity index (χ0n) is 11.3. The Hall–Kier alpha value is -0.580. The van der Waals surface area contributed by atoms with E-state index in [1.165, 1.54) is 12.8 Å². The van der Waals surface area contributed by atoms with Gasteiger partial charge in [-0.1, -0.05) is 18.5 Å². The molecule has 1 aromatic heterocycles. The van der Waals surface area contributed by atoms with Crippen LogP contribution in [0.1, 0.15) is 37.9 Å². The number of nitrogens with zero attached hydrogens (tertiary/aromatic N) is 2. The van der Waals surface area contributed by atoms with Crippen molar-refractivity contribution >= 4 is 11.6 Å². The smallest absolute Gasteiger partial charge is 0.0835 e. The molecule has 0 radical (unpaired) electrons. The number of hydrogen-bond donors (Lipinski definition) is 1. The molecular weight excluding hydrogens is 250 g/mol. The Morgan fingerprint density at radius 3 is 2.78 bits per heavy atom. The number of hydrogen-bond acceptors (Lipinski definition) is 3. The number of nitrogens with one attached hydrogen (secondary N) is 1. The number of aryl methyl sites for hydroxylation is 1. The Labute approximate surface area is 114 Å². The molecule has 2 unspecified atom stereocenters. The molecule has 1 aromatic rings. The van der Waals surface area contributed by atoms with E-state index in [0.717, 1.165) is 18.7 Å². The van der Waals surface area contributed by atoms with E-state index in [1.807, 2.05) is 11.7 Å². The first-order valence-electron chi connectivity index (χ1n) is 6.62. The zero-order valence-corrected chi connectivity index (χ0v) is 12.1. The highest BCUT2D eigenvalue weighted by molar-refractivity contribution is 6.31. The Bertz CT molecular complexity index is 370. The second-order valence-electron chi connectivity index (χ2n) is 4.97. The number of methoxy groups -OCH3 is 1. The molecule has 18 heavy (non-hydrogen) atoms. The van der Waals surface area contributed by atoms with Crippen molar-refractivity contribution in [3.8, 4) is 0 Å². The van der Waals surface area contributed by atoms with E-state index in [9.17, 15) is 0 Å². The van der Waals surface area contributed by atoms with Crippen molar-refractivity contribution in [1.29, 1.82) is 0 Å². The van der Waals surface area contributed by atoms with E-state index >= 15 is 0 Å². The Morgan fingerprint density at radius 1 is 1.61 bits per heavy atom. The molecule has 0 amide bonds. The minimum Gasteiger partial charge on any atom is -0.379 e. The van der Waals surface area contributed by atoms with Gasteiger partial charge in [-0.25, -0.2) is 0 Å². The fourth-order valence-corrected chi connectivity index (χ4v) is 2.75. The zero-order chi connectivity index (χ0) is 13.1. The third-order valence-electron chi connectivity index (χ3n) is 3.53. The molecule has 2 rings (SSSR count). The third-order valence-corrected chi connectivity index (χ3v) is 3.82. The van der Waals surface area contributed by atoms with Crippen LogP contribution in [-0.2, 0) is 11.8 Å². The summed E-state index contributed by atoms with van der Waals surface area (Å²) in [6.45, 7) is 3.12. The van der Waals surface area contributed by atoms with E-state index in [-0.39, 0.29) is 12.1 Å². The third kappa shape index (κ3) is 2.87. The summed E-state index contributed by atoms with van der Waals surface area (Å²) in [6, 6.07) is 0.127. The van der Waals surface area contributed by atoms with Crippen LogP contribution in [0.25, 0.3) is 0 Å². The van der Waals surface area contributed by atoms with Crippen LogP contribution in [0.3, 0.4) is 0 Å². The maximum absolute atomic E-state index is 6.27. The minimum atomic E-state index is 0.127. The average Bonchev–Trinajstić information content (AvgIpc) is 3.13. The molecule has 1 heterocycles. The molecule has 4 nitrogen and oxygen atoms in total. The SMILES string of the molecule is CCCNC(c1c(Cl)cnn1C)C(OC)C1CC1. The quantitative estimate of drug-likeness (QED) is 0.828. The molecule has 102 valence electrons. The van der Waals surface area contributed by atoms with Gasteiger partial charge in [0.1, 0.15) is 0 Å². The Balaban J connectivity index is 2.23. The van der Waals surface area contributed by atoms with Crippen LogP contribution in [0.4, 0.5) is 0 Å². The lowest BCUT2D eigenvalue weighted by atomic mass is 10.0. The van der Waals surface area contributed by atoms with Crippen LogP contribution < -0.4 is 5.32 Å². The topological polar surface area (TPSA) is 39.1 Å². The highest BCUT2D eigenvalue weighted by Gasteiger charge is 2.39. The molecule has 0 aliphatic heterocycles. The summed E-state index contributed by atoms with van der Waals surface area (Å²) in [4.78, 5) is 0. The average molecular weight is 272 g/mol. The molecule has 0 spiro atoms. The van der Waals surface area contributed by atoms with Crippen molar-refractivity contribution in [1.82, 2.24) is 15.1 Å². The molecule has 0 bridgehead atoms. The maximum atomic E-state index is 6.27. The van der Waals surface area contributed by atoms with Crippen molar-refractivity contribution < 1.29 is 4.74 Å². The monoisotopic (exact) mass is 271 g/mol. The predicted octanol–water partition coefficient (Wildman–Crippen LogP) is 2.54. The van der Waals surface area contributed by atoms with Gasteiger partial charge in [-0.15, -0.1) is 0 Å². The molecule has 1 aliphatic carbocycles. The van der Waals surface area contributed by atoms with Gasteiger partial charge in [0.25, 0.3) is 0 Å². The van der Waals surface area contributed by atoms with Gasteiger partial charge in [0.05, 0.1) is 29.1 Å². The second kappa shape index (κ2) is 6.04. The van der Waals surface area contributed by atoms with Crippen molar-refractivity contribution in [2.75, 3.05) is 13.7 Å². The van der Waals surface area contributed by atoms with Gasteiger partial charge < -0.3 is 10.1 Å². The van der Waals surface area contributed by atoms with Crippen LogP contribution in [-0.4, -0.2) is 29.5 Å².